The van der Waals surface area contributed by atoms with E-state index in [-0.39, 0.29) is 0 Å². The Bertz CT molecular complexity index is 159. The van der Waals surface area contributed by atoms with E-state index in [0.29, 0.717) is 5.92 Å². The zero-order valence-corrected chi connectivity index (χ0v) is 6.59. The van der Waals surface area contributed by atoms with Crippen LogP contribution in [0.15, 0.2) is 16.6 Å². The summed E-state index contributed by atoms with van der Waals surface area (Å²) in [5.41, 5.74) is 1.46. The standard InChI is InChI=1S/C8H14N2/c1-7-5-10-4-3-8(7)6-9-2/h3-4,7,9H,5-6H2,1-2H3. The first-order valence-electron chi connectivity index (χ1n) is 3.68. The summed E-state index contributed by atoms with van der Waals surface area (Å²) in [5, 5.41) is 3.14. The van der Waals surface area contributed by atoms with Crippen LogP contribution in [0.2, 0.25) is 0 Å². The lowest BCUT2D eigenvalue weighted by molar-refractivity contribution is 0.651. The fourth-order valence-corrected chi connectivity index (χ4v) is 1.09. The third-order valence-corrected chi connectivity index (χ3v) is 1.79. The van der Waals surface area contributed by atoms with Gasteiger partial charge in [-0.3, -0.25) is 4.99 Å². The molecule has 1 N–H and O–H groups in total. The van der Waals surface area contributed by atoms with Crippen LogP contribution in [0.5, 0.6) is 0 Å². The van der Waals surface area contributed by atoms with Gasteiger partial charge in [-0.1, -0.05) is 12.5 Å². The Balaban J connectivity index is 2.52. The number of hydrogen-bond donors (Lipinski definition) is 1. The molecule has 1 aliphatic heterocycles. The molecule has 0 aromatic rings. The fourth-order valence-electron chi connectivity index (χ4n) is 1.09. The lowest BCUT2D eigenvalue weighted by atomic mass is 9.99. The van der Waals surface area contributed by atoms with Gasteiger partial charge in [-0.25, -0.2) is 0 Å². The fraction of sp³-hybridized carbons (Fsp3) is 0.625. The first-order valence-corrected chi connectivity index (χ1v) is 3.68. The van der Waals surface area contributed by atoms with Crippen molar-refractivity contribution in [2.45, 2.75) is 6.92 Å². The molecular weight excluding hydrogens is 124 g/mol. The van der Waals surface area contributed by atoms with Crippen LogP contribution < -0.4 is 5.32 Å². The number of rotatable bonds is 2. The predicted molar refractivity (Wildman–Crippen MR) is 44.5 cm³/mol. The van der Waals surface area contributed by atoms with Crippen molar-refractivity contribution in [3.8, 4) is 0 Å². The van der Waals surface area contributed by atoms with Crippen molar-refractivity contribution in [2.24, 2.45) is 10.9 Å². The van der Waals surface area contributed by atoms with E-state index in [9.17, 15) is 0 Å². The molecule has 0 spiro atoms. The molecule has 0 fully saturated rings. The smallest absolute Gasteiger partial charge is 0.0452 e. The molecule has 1 unspecified atom stereocenters. The van der Waals surface area contributed by atoms with E-state index < -0.39 is 0 Å². The van der Waals surface area contributed by atoms with Crippen molar-refractivity contribution >= 4 is 6.21 Å². The summed E-state index contributed by atoms with van der Waals surface area (Å²) in [5.74, 6) is 0.623. The molecule has 0 aromatic carbocycles. The maximum Gasteiger partial charge on any atom is 0.0452 e. The topological polar surface area (TPSA) is 24.4 Å². The second-order valence-electron chi connectivity index (χ2n) is 2.69. The van der Waals surface area contributed by atoms with Crippen LogP contribution in [0, 0.1) is 5.92 Å². The maximum absolute atomic E-state index is 4.16. The van der Waals surface area contributed by atoms with Gasteiger partial charge in [0, 0.05) is 19.3 Å². The van der Waals surface area contributed by atoms with Crippen LogP contribution in [0.1, 0.15) is 6.92 Å². The molecule has 10 heavy (non-hydrogen) atoms. The van der Waals surface area contributed by atoms with Crippen molar-refractivity contribution in [1.29, 1.82) is 0 Å². The normalized spacial score (nSPS) is 24.6. The second kappa shape index (κ2) is 3.52. The molecule has 0 aliphatic carbocycles. The molecule has 2 heteroatoms. The summed E-state index contributed by atoms with van der Waals surface area (Å²) in [6.07, 6.45) is 4.00. The van der Waals surface area contributed by atoms with Gasteiger partial charge in [0.2, 0.25) is 0 Å². The monoisotopic (exact) mass is 138 g/mol. The van der Waals surface area contributed by atoms with Gasteiger partial charge >= 0.3 is 0 Å². The van der Waals surface area contributed by atoms with Gasteiger partial charge in [0.25, 0.3) is 0 Å². The molecular formula is C8H14N2. The highest BCUT2D eigenvalue weighted by Crippen LogP contribution is 2.11. The summed E-state index contributed by atoms with van der Waals surface area (Å²) in [7, 11) is 1.97. The van der Waals surface area contributed by atoms with E-state index >= 15 is 0 Å². The summed E-state index contributed by atoms with van der Waals surface area (Å²) in [4.78, 5) is 4.16. The number of nitrogens with one attached hydrogen (secondary N) is 1. The Morgan fingerprint density at radius 3 is 3.20 bits per heavy atom. The van der Waals surface area contributed by atoms with E-state index in [4.69, 9.17) is 0 Å². The van der Waals surface area contributed by atoms with Gasteiger partial charge in [-0.05, 0) is 19.0 Å². The number of likely N-dealkylation sites (N-methyl/N-ethyl adjacent to an activating group) is 1. The summed E-state index contributed by atoms with van der Waals surface area (Å²) in [6.45, 7) is 4.15. The SMILES string of the molecule is CNCC1=CC=NCC1C. The summed E-state index contributed by atoms with van der Waals surface area (Å²) < 4.78 is 0. The van der Waals surface area contributed by atoms with E-state index in [1.54, 1.807) is 0 Å². The van der Waals surface area contributed by atoms with Crippen molar-refractivity contribution in [1.82, 2.24) is 5.32 Å². The minimum absolute atomic E-state index is 0.623. The van der Waals surface area contributed by atoms with Crippen molar-refractivity contribution in [3.63, 3.8) is 0 Å². The Hall–Kier alpha value is -0.630. The first kappa shape index (κ1) is 7.48. The molecule has 0 bridgehead atoms. The van der Waals surface area contributed by atoms with Gasteiger partial charge in [0.1, 0.15) is 0 Å². The number of hydrogen-bond acceptors (Lipinski definition) is 2. The minimum atomic E-state index is 0.623. The van der Waals surface area contributed by atoms with E-state index in [0.717, 1.165) is 13.1 Å². The summed E-state index contributed by atoms with van der Waals surface area (Å²) >= 11 is 0. The van der Waals surface area contributed by atoms with Crippen LogP contribution in [0.3, 0.4) is 0 Å². The summed E-state index contributed by atoms with van der Waals surface area (Å²) in [6, 6.07) is 0. The molecule has 2 nitrogen and oxygen atoms in total. The van der Waals surface area contributed by atoms with Gasteiger partial charge in [-0.15, -0.1) is 0 Å². The molecule has 0 amide bonds. The second-order valence-corrected chi connectivity index (χ2v) is 2.69. The molecule has 0 saturated heterocycles. The zero-order chi connectivity index (χ0) is 7.40. The Morgan fingerprint density at radius 2 is 2.60 bits per heavy atom. The van der Waals surface area contributed by atoms with Gasteiger partial charge in [0.05, 0.1) is 0 Å². The maximum atomic E-state index is 4.16. The zero-order valence-electron chi connectivity index (χ0n) is 6.59. The van der Waals surface area contributed by atoms with E-state index in [1.165, 1.54) is 5.57 Å². The molecule has 0 radical (unpaired) electrons. The van der Waals surface area contributed by atoms with Crippen LogP contribution in [0.4, 0.5) is 0 Å². The van der Waals surface area contributed by atoms with E-state index in [1.807, 2.05) is 13.3 Å². The molecule has 0 saturated carbocycles. The lowest BCUT2D eigenvalue weighted by Gasteiger charge is -2.15. The van der Waals surface area contributed by atoms with Crippen LogP contribution in [-0.4, -0.2) is 26.4 Å². The van der Waals surface area contributed by atoms with Gasteiger partial charge < -0.3 is 5.32 Å². The minimum Gasteiger partial charge on any atom is -0.316 e. The number of nitrogens with zero attached hydrogens (tertiary/aromatic N) is 1. The quantitative estimate of drug-likeness (QED) is 0.601. The highest BCUT2D eigenvalue weighted by atomic mass is 14.8. The highest BCUT2D eigenvalue weighted by molar-refractivity contribution is 5.73. The predicted octanol–water partition coefficient (Wildman–Crippen LogP) is 0.853. The van der Waals surface area contributed by atoms with Crippen molar-refractivity contribution in [2.75, 3.05) is 20.1 Å². The molecule has 0 aromatic heterocycles. The van der Waals surface area contributed by atoms with Crippen molar-refractivity contribution < 1.29 is 0 Å². The molecule has 56 valence electrons. The van der Waals surface area contributed by atoms with Crippen molar-refractivity contribution in [3.05, 3.63) is 11.6 Å². The van der Waals surface area contributed by atoms with Gasteiger partial charge in [0.15, 0.2) is 0 Å². The molecule has 1 heterocycles. The average molecular weight is 138 g/mol. The Labute approximate surface area is 62.0 Å². The largest absolute Gasteiger partial charge is 0.316 e. The Kier molecular flexibility index (Phi) is 2.63. The van der Waals surface area contributed by atoms with Crippen LogP contribution in [-0.2, 0) is 0 Å². The van der Waals surface area contributed by atoms with E-state index in [2.05, 4.69) is 23.3 Å². The molecule has 1 aliphatic rings. The lowest BCUT2D eigenvalue weighted by Crippen LogP contribution is -2.19. The Morgan fingerprint density at radius 1 is 1.80 bits per heavy atom. The average Bonchev–Trinajstić information content (AvgIpc) is 1.94. The molecule has 1 rings (SSSR count). The van der Waals surface area contributed by atoms with Crippen LogP contribution >= 0.6 is 0 Å². The van der Waals surface area contributed by atoms with Gasteiger partial charge in [-0.2, -0.15) is 0 Å². The third-order valence-electron chi connectivity index (χ3n) is 1.79. The highest BCUT2D eigenvalue weighted by Gasteiger charge is 2.08. The number of aliphatic imine (C=N–C) groups is 1. The third kappa shape index (κ3) is 1.67. The first-order chi connectivity index (χ1) is 4.84. The van der Waals surface area contributed by atoms with Crippen LogP contribution in [0.25, 0.3) is 0 Å². The molecule has 1 atom stereocenters. The number of allylic oxidation sites excluding steroid dienone is 1. The number of dihydropyridines is 1.